The smallest absolute Gasteiger partial charge is 0.263 e. The molecular formula is C14H12N2O3S. The number of carbonyl (C=O) groups excluding carboxylic acids is 2. The number of ether oxygens (including phenoxy) is 1. The van der Waals surface area contributed by atoms with Crippen LogP contribution in [0.3, 0.4) is 0 Å². The molecule has 0 spiro atoms. The van der Waals surface area contributed by atoms with Gasteiger partial charge in [0.05, 0.1) is 7.11 Å². The van der Waals surface area contributed by atoms with E-state index in [2.05, 4.69) is 10.6 Å². The summed E-state index contributed by atoms with van der Waals surface area (Å²) in [5.41, 5.74) is 0.851. The lowest BCUT2D eigenvalue weighted by Crippen LogP contribution is -2.51. The Bertz CT molecular complexity index is 613. The Balaban J connectivity index is 2.20. The zero-order valence-electron chi connectivity index (χ0n) is 10.7. The average Bonchev–Trinajstić information content (AvgIpc) is 2.42. The van der Waals surface area contributed by atoms with Crippen LogP contribution in [0.1, 0.15) is 5.56 Å². The van der Waals surface area contributed by atoms with E-state index in [-0.39, 0.29) is 10.7 Å². The third kappa shape index (κ3) is 3.10. The maximum Gasteiger partial charge on any atom is 0.263 e. The molecule has 0 unspecified atom stereocenters. The maximum absolute atomic E-state index is 11.6. The molecule has 20 heavy (non-hydrogen) atoms. The lowest BCUT2D eigenvalue weighted by Gasteiger charge is -2.15. The van der Waals surface area contributed by atoms with Crippen LogP contribution in [-0.2, 0) is 9.59 Å². The zero-order valence-corrected chi connectivity index (χ0v) is 11.5. The van der Waals surface area contributed by atoms with Crippen molar-refractivity contribution in [3.05, 3.63) is 47.6 Å². The van der Waals surface area contributed by atoms with Gasteiger partial charge in [-0.05, 0) is 24.4 Å². The van der Waals surface area contributed by atoms with Gasteiger partial charge < -0.3 is 4.74 Å². The van der Waals surface area contributed by atoms with Crippen LogP contribution in [0.25, 0.3) is 6.08 Å². The molecule has 1 aliphatic heterocycles. The Morgan fingerprint density at radius 2 is 1.80 bits per heavy atom. The highest BCUT2D eigenvalue weighted by Gasteiger charge is 2.24. The standard InChI is InChI=1S/C14H12N2O3S/c1-19-11-8-3-2-5-9(11)6-4-7-10-12(17)15-14(20)16-13(10)18/h2-8H,1H3,(H2,15,16,17,18,20). The molecule has 2 amide bonds. The largest absolute Gasteiger partial charge is 0.496 e. The number of rotatable bonds is 3. The molecule has 102 valence electrons. The van der Waals surface area contributed by atoms with Gasteiger partial charge in [0.2, 0.25) is 0 Å². The molecule has 5 nitrogen and oxygen atoms in total. The summed E-state index contributed by atoms with van der Waals surface area (Å²) in [5.74, 6) is -0.312. The highest BCUT2D eigenvalue weighted by Crippen LogP contribution is 2.18. The molecule has 0 atom stereocenters. The van der Waals surface area contributed by atoms with E-state index in [1.54, 1.807) is 19.3 Å². The van der Waals surface area contributed by atoms with Gasteiger partial charge in [0.1, 0.15) is 11.3 Å². The zero-order chi connectivity index (χ0) is 14.5. The Hall–Kier alpha value is -2.47. The van der Waals surface area contributed by atoms with E-state index in [0.29, 0.717) is 5.75 Å². The lowest BCUT2D eigenvalue weighted by atomic mass is 10.1. The SMILES string of the molecule is COc1ccccc1C=CC=C1C(=O)NC(=S)NC1=O. The number of methoxy groups -OCH3 is 1. The van der Waals surface area contributed by atoms with Crippen molar-refractivity contribution in [1.82, 2.24) is 10.6 Å². The van der Waals surface area contributed by atoms with Crippen molar-refractivity contribution in [1.29, 1.82) is 0 Å². The van der Waals surface area contributed by atoms with Crippen LogP contribution < -0.4 is 15.4 Å². The molecule has 1 saturated heterocycles. The fourth-order valence-corrected chi connectivity index (χ4v) is 1.86. The van der Waals surface area contributed by atoms with Crippen LogP contribution in [0.15, 0.2) is 42.0 Å². The van der Waals surface area contributed by atoms with Gasteiger partial charge in [-0.3, -0.25) is 20.2 Å². The second kappa shape index (κ2) is 6.12. The van der Waals surface area contributed by atoms with E-state index in [1.807, 2.05) is 24.3 Å². The number of allylic oxidation sites excluding steroid dienone is 2. The van der Waals surface area contributed by atoms with E-state index in [1.165, 1.54) is 6.08 Å². The van der Waals surface area contributed by atoms with Crippen LogP contribution in [0.2, 0.25) is 0 Å². The number of hydrogen-bond acceptors (Lipinski definition) is 4. The van der Waals surface area contributed by atoms with E-state index in [0.717, 1.165) is 5.56 Å². The molecule has 1 aliphatic rings. The van der Waals surface area contributed by atoms with Gasteiger partial charge in [-0.25, -0.2) is 0 Å². The Labute approximate surface area is 121 Å². The van der Waals surface area contributed by atoms with Gasteiger partial charge in [-0.1, -0.05) is 30.4 Å². The summed E-state index contributed by atoms with van der Waals surface area (Å²) < 4.78 is 5.20. The fourth-order valence-electron chi connectivity index (χ4n) is 1.68. The number of para-hydroxylation sites is 1. The predicted molar refractivity (Wildman–Crippen MR) is 79.0 cm³/mol. The summed E-state index contributed by atoms with van der Waals surface area (Å²) in [6.07, 6.45) is 4.79. The Morgan fingerprint density at radius 1 is 1.15 bits per heavy atom. The summed E-state index contributed by atoms with van der Waals surface area (Å²) in [6.45, 7) is 0. The lowest BCUT2D eigenvalue weighted by molar-refractivity contribution is -0.123. The van der Waals surface area contributed by atoms with Crippen LogP contribution in [-0.4, -0.2) is 24.0 Å². The normalized spacial score (nSPS) is 15.1. The first kappa shape index (κ1) is 14.0. The number of benzene rings is 1. The maximum atomic E-state index is 11.6. The van der Waals surface area contributed by atoms with Crippen molar-refractivity contribution in [2.75, 3.05) is 7.11 Å². The molecule has 2 N–H and O–H groups in total. The minimum Gasteiger partial charge on any atom is -0.496 e. The van der Waals surface area contributed by atoms with Gasteiger partial charge in [0, 0.05) is 5.56 Å². The quantitative estimate of drug-likeness (QED) is 0.498. The molecule has 0 saturated carbocycles. The molecule has 0 aromatic heterocycles. The molecular weight excluding hydrogens is 276 g/mol. The van der Waals surface area contributed by atoms with Gasteiger partial charge in [0.25, 0.3) is 11.8 Å². The molecule has 1 aromatic carbocycles. The van der Waals surface area contributed by atoms with Gasteiger partial charge in [-0.2, -0.15) is 0 Å². The molecule has 1 fully saturated rings. The van der Waals surface area contributed by atoms with Crippen molar-refractivity contribution in [2.24, 2.45) is 0 Å². The van der Waals surface area contributed by atoms with Crippen LogP contribution in [0, 0.1) is 0 Å². The monoisotopic (exact) mass is 288 g/mol. The van der Waals surface area contributed by atoms with E-state index in [9.17, 15) is 9.59 Å². The summed E-state index contributed by atoms with van der Waals surface area (Å²) in [7, 11) is 1.58. The van der Waals surface area contributed by atoms with Crippen molar-refractivity contribution in [3.8, 4) is 5.75 Å². The second-order valence-electron chi connectivity index (χ2n) is 3.92. The minimum absolute atomic E-state index is 0.00440. The number of amides is 2. The van der Waals surface area contributed by atoms with E-state index >= 15 is 0 Å². The van der Waals surface area contributed by atoms with Crippen LogP contribution in [0.5, 0.6) is 5.75 Å². The van der Waals surface area contributed by atoms with Crippen molar-refractivity contribution < 1.29 is 14.3 Å². The van der Waals surface area contributed by atoms with Crippen molar-refractivity contribution >= 4 is 35.2 Å². The summed E-state index contributed by atoms with van der Waals surface area (Å²) in [6, 6.07) is 7.42. The minimum atomic E-state index is -0.511. The molecule has 1 heterocycles. The number of thiocarbonyl (C=S) groups is 1. The second-order valence-corrected chi connectivity index (χ2v) is 4.33. The number of nitrogens with one attached hydrogen (secondary N) is 2. The van der Waals surface area contributed by atoms with Crippen LogP contribution in [0.4, 0.5) is 0 Å². The summed E-state index contributed by atoms with van der Waals surface area (Å²) in [5, 5.41) is 4.75. The van der Waals surface area contributed by atoms with Gasteiger partial charge in [0.15, 0.2) is 5.11 Å². The first-order chi connectivity index (χ1) is 9.61. The fraction of sp³-hybridized carbons (Fsp3) is 0.0714. The molecule has 1 aromatic rings. The topological polar surface area (TPSA) is 67.4 Å². The Kier molecular flexibility index (Phi) is 4.27. The first-order valence-corrected chi connectivity index (χ1v) is 6.20. The third-order valence-corrected chi connectivity index (χ3v) is 2.83. The number of carbonyl (C=O) groups is 2. The van der Waals surface area contributed by atoms with Gasteiger partial charge >= 0.3 is 0 Å². The number of hydrogen-bond donors (Lipinski definition) is 2. The molecule has 0 bridgehead atoms. The molecule has 0 aliphatic carbocycles. The summed E-state index contributed by atoms with van der Waals surface area (Å²) in [4.78, 5) is 23.2. The van der Waals surface area contributed by atoms with Crippen molar-refractivity contribution in [3.63, 3.8) is 0 Å². The molecule has 6 heteroatoms. The van der Waals surface area contributed by atoms with Crippen LogP contribution >= 0.6 is 12.2 Å². The highest BCUT2D eigenvalue weighted by molar-refractivity contribution is 7.80. The Morgan fingerprint density at radius 3 is 2.45 bits per heavy atom. The summed E-state index contributed by atoms with van der Waals surface area (Å²) >= 11 is 4.71. The molecule has 0 radical (unpaired) electrons. The first-order valence-electron chi connectivity index (χ1n) is 5.80. The molecule has 2 rings (SSSR count). The third-order valence-electron chi connectivity index (χ3n) is 2.62. The van der Waals surface area contributed by atoms with E-state index in [4.69, 9.17) is 17.0 Å². The highest BCUT2D eigenvalue weighted by atomic mass is 32.1. The van der Waals surface area contributed by atoms with Gasteiger partial charge in [-0.15, -0.1) is 0 Å². The van der Waals surface area contributed by atoms with Crippen molar-refractivity contribution in [2.45, 2.75) is 0 Å². The van der Waals surface area contributed by atoms with E-state index < -0.39 is 11.8 Å². The predicted octanol–water partition coefficient (Wildman–Crippen LogP) is 1.17. The average molecular weight is 288 g/mol.